The third-order valence-electron chi connectivity index (χ3n) is 4.46. The largest absolute Gasteiger partial charge is 0.469 e. The first-order chi connectivity index (χ1) is 10.3. The van der Waals surface area contributed by atoms with Gasteiger partial charge in [-0.1, -0.05) is 0 Å². The van der Waals surface area contributed by atoms with E-state index in [1.165, 1.54) is 12.8 Å². The average molecular weight is 291 g/mol. The molecule has 5 nitrogen and oxygen atoms in total. The Bertz CT molecular complexity index is 464. The fraction of sp³-hybridized carbons (Fsp3) is 0.688. The standard InChI is InChI=1S/C16H25N3O2/c1-2-17-15(18-8-5-14-4-3-10-21-14)19-9-6-16(12-19)7-11-20-13-16/h3-4,10H,2,5-9,11-13H2,1H3,(H,17,18). The maximum absolute atomic E-state index is 5.60. The van der Waals surface area contributed by atoms with E-state index in [2.05, 4.69) is 17.1 Å². The van der Waals surface area contributed by atoms with E-state index in [4.69, 9.17) is 14.1 Å². The molecule has 2 fully saturated rings. The highest BCUT2D eigenvalue weighted by Crippen LogP contribution is 2.38. The van der Waals surface area contributed by atoms with Crippen molar-refractivity contribution in [2.75, 3.05) is 39.4 Å². The summed E-state index contributed by atoms with van der Waals surface area (Å²) in [6.07, 6.45) is 4.98. The minimum atomic E-state index is 0.372. The minimum absolute atomic E-state index is 0.372. The van der Waals surface area contributed by atoms with Crippen LogP contribution in [0.15, 0.2) is 27.8 Å². The van der Waals surface area contributed by atoms with E-state index in [9.17, 15) is 0 Å². The summed E-state index contributed by atoms with van der Waals surface area (Å²) in [5, 5.41) is 3.42. The number of likely N-dealkylation sites (tertiary alicyclic amines) is 1. The monoisotopic (exact) mass is 291 g/mol. The van der Waals surface area contributed by atoms with Gasteiger partial charge in [0.25, 0.3) is 0 Å². The number of hydrogen-bond donors (Lipinski definition) is 1. The zero-order valence-corrected chi connectivity index (χ0v) is 12.8. The highest BCUT2D eigenvalue weighted by Gasteiger charge is 2.42. The summed E-state index contributed by atoms with van der Waals surface area (Å²) in [4.78, 5) is 7.14. The van der Waals surface area contributed by atoms with Crippen molar-refractivity contribution < 1.29 is 9.15 Å². The number of nitrogens with one attached hydrogen (secondary N) is 1. The zero-order valence-electron chi connectivity index (χ0n) is 12.8. The van der Waals surface area contributed by atoms with Crippen molar-refractivity contribution in [2.24, 2.45) is 10.4 Å². The molecule has 0 bridgehead atoms. The lowest BCUT2D eigenvalue weighted by atomic mass is 9.87. The third kappa shape index (κ3) is 3.40. The van der Waals surface area contributed by atoms with Crippen LogP contribution in [0.25, 0.3) is 0 Å². The Labute approximate surface area is 126 Å². The Morgan fingerprint density at radius 3 is 3.14 bits per heavy atom. The first-order valence-electron chi connectivity index (χ1n) is 7.95. The zero-order chi connectivity index (χ0) is 14.5. The number of ether oxygens (including phenoxy) is 1. The van der Waals surface area contributed by atoms with Gasteiger partial charge in [0.15, 0.2) is 5.96 Å². The van der Waals surface area contributed by atoms with Crippen molar-refractivity contribution >= 4 is 5.96 Å². The minimum Gasteiger partial charge on any atom is -0.469 e. The number of hydrogen-bond acceptors (Lipinski definition) is 3. The quantitative estimate of drug-likeness (QED) is 0.680. The second-order valence-corrected chi connectivity index (χ2v) is 6.04. The smallest absolute Gasteiger partial charge is 0.193 e. The molecular weight excluding hydrogens is 266 g/mol. The lowest BCUT2D eigenvalue weighted by Gasteiger charge is -2.24. The van der Waals surface area contributed by atoms with Crippen LogP contribution in [-0.4, -0.2) is 50.3 Å². The molecule has 0 aromatic carbocycles. The van der Waals surface area contributed by atoms with Crippen LogP contribution >= 0.6 is 0 Å². The number of aliphatic imine (C=N–C) groups is 1. The summed E-state index contributed by atoms with van der Waals surface area (Å²) in [6, 6.07) is 3.93. The molecule has 1 N–H and O–H groups in total. The van der Waals surface area contributed by atoms with Crippen LogP contribution < -0.4 is 5.32 Å². The maximum Gasteiger partial charge on any atom is 0.193 e. The molecule has 0 aliphatic carbocycles. The molecule has 2 aliphatic rings. The molecule has 3 heterocycles. The van der Waals surface area contributed by atoms with E-state index in [0.29, 0.717) is 5.41 Å². The summed E-state index contributed by atoms with van der Waals surface area (Å²) in [5.41, 5.74) is 0.372. The van der Waals surface area contributed by atoms with Crippen molar-refractivity contribution in [2.45, 2.75) is 26.2 Å². The van der Waals surface area contributed by atoms with Crippen molar-refractivity contribution in [3.8, 4) is 0 Å². The Morgan fingerprint density at radius 1 is 1.48 bits per heavy atom. The predicted molar refractivity (Wildman–Crippen MR) is 82.4 cm³/mol. The van der Waals surface area contributed by atoms with E-state index in [-0.39, 0.29) is 0 Å². The summed E-state index contributed by atoms with van der Waals surface area (Å²) >= 11 is 0. The molecule has 21 heavy (non-hydrogen) atoms. The third-order valence-corrected chi connectivity index (χ3v) is 4.46. The van der Waals surface area contributed by atoms with Gasteiger partial charge in [-0.25, -0.2) is 0 Å². The highest BCUT2D eigenvalue weighted by molar-refractivity contribution is 5.80. The number of nitrogens with zero attached hydrogens (tertiary/aromatic N) is 2. The molecule has 2 saturated heterocycles. The van der Waals surface area contributed by atoms with Gasteiger partial charge in [-0.05, 0) is 31.9 Å². The summed E-state index contributed by atoms with van der Waals surface area (Å²) < 4.78 is 11.0. The normalized spacial score (nSPS) is 26.0. The number of furan rings is 1. The van der Waals surface area contributed by atoms with Crippen LogP contribution in [0.4, 0.5) is 0 Å². The Hall–Kier alpha value is -1.49. The maximum atomic E-state index is 5.60. The average Bonchev–Trinajstić information content (AvgIpc) is 3.22. The van der Waals surface area contributed by atoms with Gasteiger partial charge < -0.3 is 19.4 Å². The fourth-order valence-electron chi connectivity index (χ4n) is 3.24. The van der Waals surface area contributed by atoms with Gasteiger partial charge in [0.05, 0.1) is 12.9 Å². The molecule has 5 heteroatoms. The van der Waals surface area contributed by atoms with Crippen molar-refractivity contribution in [3.05, 3.63) is 24.2 Å². The Morgan fingerprint density at radius 2 is 2.43 bits per heavy atom. The molecule has 0 radical (unpaired) electrons. The summed E-state index contributed by atoms with van der Waals surface area (Å²) in [6.45, 7) is 7.76. The molecule has 0 amide bonds. The van der Waals surface area contributed by atoms with Gasteiger partial charge in [0.1, 0.15) is 5.76 Å². The molecule has 1 atom stereocenters. The van der Waals surface area contributed by atoms with Crippen molar-refractivity contribution in [1.29, 1.82) is 0 Å². The molecule has 2 aliphatic heterocycles. The van der Waals surface area contributed by atoms with Crippen LogP contribution in [0, 0.1) is 5.41 Å². The van der Waals surface area contributed by atoms with Gasteiger partial charge >= 0.3 is 0 Å². The first kappa shape index (κ1) is 14.4. The summed E-state index contributed by atoms with van der Waals surface area (Å²) in [7, 11) is 0. The lowest BCUT2D eigenvalue weighted by Crippen LogP contribution is -2.41. The lowest BCUT2D eigenvalue weighted by molar-refractivity contribution is 0.156. The van der Waals surface area contributed by atoms with Crippen LogP contribution in [0.5, 0.6) is 0 Å². The summed E-state index contributed by atoms with van der Waals surface area (Å²) in [5.74, 6) is 2.03. The Kier molecular flexibility index (Phi) is 4.48. The van der Waals surface area contributed by atoms with Gasteiger partial charge in [0, 0.05) is 44.6 Å². The fourth-order valence-corrected chi connectivity index (χ4v) is 3.24. The number of rotatable bonds is 4. The predicted octanol–water partition coefficient (Wildman–Crippen LogP) is 1.90. The second kappa shape index (κ2) is 6.52. The van der Waals surface area contributed by atoms with E-state index < -0.39 is 0 Å². The molecule has 116 valence electrons. The molecule has 1 unspecified atom stereocenters. The highest BCUT2D eigenvalue weighted by atomic mass is 16.5. The van der Waals surface area contributed by atoms with E-state index >= 15 is 0 Å². The van der Waals surface area contributed by atoms with Crippen LogP contribution in [0.3, 0.4) is 0 Å². The second-order valence-electron chi connectivity index (χ2n) is 6.04. The molecule has 1 aromatic rings. The van der Waals surface area contributed by atoms with E-state index in [1.54, 1.807) is 6.26 Å². The van der Waals surface area contributed by atoms with E-state index in [0.717, 1.165) is 57.5 Å². The SMILES string of the molecule is CCNC(=NCCc1ccco1)N1CCC2(CCOC2)C1. The van der Waals surface area contributed by atoms with Gasteiger partial charge in [-0.15, -0.1) is 0 Å². The van der Waals surface area contributed by atoms with Crippen LogP contribution in [0.2, 0.25) is 0 Å². The first-order valence-corrected chi connectivity index (χ1v) is 7.95. The van der Waals surface area contributed by atoms with Gasteiger partial charge in [0.2, 0.25) is 0 Å². The topological polar surface area (TPSA) is 50.0 Å². The molecular formula is C16H25N3O2. The molecule has 0 saturated carbocycles. The van der Waals surface area contributed by atoms with Gasteiger partial charge in [-0.3, -0.25) is 4.99 Å². The van der Waals surface area contributed by atoms with Crippen LogP contribution in [-0.2, 0) is 11.2 Å². The van der Waals surface area contributed by atoms with Gasteiger partial charge in [-0.2, -0.15) is 0 Å². The Balaban J connectivity index is 1.58. The molecule has 3 rings (SSSR count). The molecule has 1 aromatic heterocycles. The van der Waals surface area contributed by atoms with Crippen molar-refractivity contribution in [1.82, 2.24) is 10.2 Å². The van der Waals surface area contributed by atoms with Crippen molar-refractivity contribution in [3.63, 3.8) is 0 Å². The van der Waals surface area contributed by atoms with E-state index in [1.807, 2.05) is 12.1 Å². The number of guanidine groups is 1. The molecule has 1 spiro atoms. The van der Waals surface area contributed by atoms with Crippen LogP contribution in [0.1, 0.15) is 25.5 Å².